The monoisotopic (exact) mass is 488 g/mol. The van der Waals surface area contributed by atoms with Gasteiger partial charge in [-0.3, -0.25) is 0 Å². The first-order chi connectivity index (χ1) is 16.5. The molecule has 5 atom stereocenters. The lowest BCUT2D eigenvalue weighted by atomic mass is 9.90. The number of unbranched alkanes of at least 4 members (excludes halogenated alkanes) is 2. The highest BCUT2D eigenvalue weighted by molar-refractivity contribution is 7.17. The van der Waals surface area contributed by atoms with Gasteiger partial charge in [-0.15, -0.1) is 9.24 Å². The first kappa shape index (κ1) is 26.5. The second-order valence-electron chi connectivity index (χ2n) is 8.99. The molecule has 1 heterocycles. The first-order valence-corrected chi connectivity index (χ1v) is 12.9. The summed E-state index contributed by atoms with van der Waals surface area (Å²) in [5.41, 5.74) is 1.88. The Labute approximate surface area is 204 Å². The summed E-state index contributed by atoms with van der Waals surface area (Å²) >= 11 is 0. The average Bonchev–Trinajstić information content (AvgIpc) is 2.82. The van der Waals surface area contributed by atoms with Crippen molar-refractivity contribution in [1.82, 2.24) is 0 Å². The van der Waals surface area contributed by atoms with Gasteiger partial charge in [0.1, 0.15) is 24.2 Å². The zero-order valence-electron chi connectivity index (χ0n) is 19.9. The molecule has 2 aliphatic rings. The minimum Gasteiger partial charge on any atom is -0.494 e. The van der Waals surface area contributed by atoms with Crippen molar-refractivity contribution in [3.63, 3.8) is 0 Å². The second-order valence-corrected chi connectivity index (χ2v) is 10.1. The number of hydrogen-bond acceptors (Lipinski definition) is 6. The van der Waals surface area contributed by atoms with Crippen LogP contribution in [0.1, 0.15) is 51.0 Å². The number of rotatable bonds is 14. The molecule has 0 aromatic heterocycles. The van der Waals surface area contributed by atoms with Gasteiger partial charge in [-0.1, -0.05) is 37.6 Å². The summed E-state index contributed by atoms with van der Waals surface area (Å²) in [6.07, 6.45) is 12.0. The number of ether oxygens (including phenoxy) is 3. The highest BCUT2D eigenvalue weighted by Gasteiger charge is 2.31. The quantitative estimate of drug-likeness (QED) is 0.229. The van der Waals surface area contributed by atoms with Crippen LogP contribution in [0.15, 0.2) is 54.3 Å². The van der Waals surface area contributed by atoms with Crippen molar-refractivity contribution in [2.24, 2.45) is 5.92 Å². The lowest BCUT2D eigenvalue weighted by molar-refractivity contribution is -0.141. The Morgan fingerprint density at radius 3 is 2.59 bits per heavy atom. The van der Waals surface area contributed by atoms with Crippen LogP contribution < -0.4 is 4.74 Å². The Kier molecular flexibility index (Phi) is 10.6. The maximum absolute atomic E-state index is 12.7. The van der Waals surface area contributed by atoms with Crippen LogP contribution in [0.25, 0.3) is 5.57 Å². The van der Waals surface area contributed by atoms with Crippen LogP contribution in [0.5, 0.6) is 5.75 Å². The molecule has 0 bridgehead atoms. The van der Waals surface area contributed by atoms with Gasteiger partial charge in [0.05, 0.1) is 18.3 Å². The van der Waals surface area contributed by atoms with Gasteiger partial charge in [0, 0.05) is 12.5 Å². The molecule has 1 aromatic rings. The van der Waals surface area contributed by atoms with Crippen LogP contribution in [-0.4, -0.2) is 53.9 Å². The van der Waals surface area contributed by atoms with E-state index in [2.05, 4.69) is 16.2 Å². The van der Waals surface area contributed by atoms with E-state index in [-0.39, 0.29) is 25.1 Å². The van der Waals surface area contributed by atoms with Crippen molar-refractivity contribution in [1.29, 1.82) is 0 Å². The lowest BCUT2D eigenvalue weighted by Gasteiger charge is -2.29. The molecule has 0 radical (unpaired) electrons. The average molecular weight is 489 g/mol. The van der Waals surface area contributed by atoms with E-state index in [0.29, 0.717) is 30.0 Å². The molecule has 34 heavy (non-hydrogen) atoms. The Balaban J connectivity index is 1.51. The molecule has 0 saturated heterocycles. The van der Waals surface area contributed by atoms with Crippen LogP contribution in [-0.2, 0) is 14.3 Å². The molecule has 3 rings (SSSR count). The summed E-state index contributed by atoms with van der Waals surface area (Å²) in [6.45, 7) is 3.18. The molecule has 2 N–H and O–H groups in total. The largest absolute Gasteiger partial charge is 0.494 e. The van der Waals surface area contributed by atoms with Crippen molar-refractivity contribution in [3.8, 4) is 5.75 Å². The van der Waals surface area contributed by atoms with E-state index in [0.717, 1.165) is 43.4 Å². The second kappa shape index (κ2) is 13.7. The van der Waals surface area contributed by atoms with Crippen molar-refractivity contribution in [3.05, 3.63) is 59.9 Å². The van der Waals surface area contributed by atoms with Gasteiger partial charge in [-0.05, 0) is 67.6 Å². The molecule has 0 saturated carbocycles. The molecule has 186 valence electrons. The maximum Gasteiger partial charge on any atom is 0.339 e. The van der Waals surface area contributed by atoms with Gasteiger partial charge in [0.15, 0.2) is 0 Å². The third-order valence-corrected chi connectivity index (χ3v) is 6.22. The Morgan fingerprint density at radius 2 is 1.85 bits per heavy atom. The number of esters is 1. The molecule has 0 spiro atoms. The SMILES string of the molecule is CC(P)CCCC(O)COC1=CC2OC(=O)C(c3ccc(OCCCCCO)cc3)=CC2C=C1. The minimum absolute atomic E-state index is 0.0593. The predicted octanol–water partition coefficient (Wildman–Crippen LogP) is 4.42. The summed E-state index contributed by atoms with van der Waals surface area (Å²) in [7, 11) is 2.77. The number of fused-ring (bicyclic) bond motifs is 1. The molecule has 1 aliphatic heterocycles. The van der Waals surface area contributed by atoms with E-state index in [1.807, 2.05) is 42.5 Å². The molecule has 1 aromatic carbocycles. The van der Waals surface area contributed by atoms with E-state index in [9.17, 15) is 9.90 Å². The predicted molar refractivity (Wildman–Crippen MR) is 136 cm³/mol. The summed E-state index contributed by atoms with van der Waals surface area (Å²) in [4.78, 5) is 12.7. The number of aliphatic hydroxyl groups is 2. The molecule has 1 aliphatic carbocycles. The van der Waals surface area contributed by atoms with Crippen molar-refractivity contribution in [2.75, 3.05) is 19.8 Å². The highest BCUT2D eigenvalue weighted by Crippen LogP contribution is 2.32. The van der Waals surface area contributed by atoms with E-state index in [1.54, 1.807) is 6.08 Å². The third-order valence-electron chi connectivity index (χ3n) is 5.89. The van der Waals surface area contributed by atoms with Crippen LogP contribution >= 0.6 is 9.24 Å². The topological polar surface area (TPSA) is 85.2 Å². The Morgan fingerprint density at radius 1 is 1.06 bits per heavy atom. The van der Waals surface area contributed by atoms with Crippen LogP contribution in [0.3, 0.4) is 0 Å². The van der Waals surface area contributed by atoms with Gasteiger partial charge in [-0.25, -0.2) is 4.79 Å². The molecule has 0 amide bonds. The van der Waals surface area contributed by atoms with Crippen molar-refractivity contribution in [2.45, 2.75) is 63.3 Å². The number of hydrogen-bond donors (Lipinski definition) is 2. The van der Waals surface area contributed by atoms with E-state index in [4.69, 9.17) is 19.3 Å². The molecular weight excluding hydrogens is 451 g/mol. The zero-order valence-corrected chi connectivity index (χ0v) is 21.1. The number of carbonyl (C=O) groups excluding carboxylic acids is 1. The Bertz CT molecular complexity index is 874. The summed E-state index contributed by atoms with van der Waals surface area (Å²) in [5, 5.41) is 19.0. The number of allylic oxidation sites excluding steroid dienone is 1. The van der Waals surface area contributed by atoms with Crippen molar-refractivity contribution < 1.29 is 29.2 Å². The number of benzene rings is 1. The smallest absolute Gasteiger partial charge is 0.339 e. The van der Waals surface area contributed by atoms with Gasteiger partial charge < -0.3 is 24.4 Å². The number of aliphatic hydroxyl groups excluding tert-OH is 2. The Hall–Kier alpha value is -2.14. The van der Waals surface area contributed by atoms with Gasteiger partial charge in [0.2, 0.25) is 0 Å². The van der Waals surface area contributed by atoms with Crippen LogP contribution in [0.4, 0.5) is 0 Å². The molecule has 0 fully saturated rings. The van der Waals surface area contributed by atoms with Crippen LogP contribution in [0, 0.1) is 5.92 Å². The fourth-order valence-electron chi connectivity index (χ4n) is 3.93. The van der Waals surface area contributed by atoms with Crippen molar-refractivity contribution >= 4 is 20.8 Å². The highest BCUT2D eigenvalue weighted by atomic mass is 31.0. The fraction of sp³-hybridized carbons (Fsp3) is 0.519. The zero-order chi connectivity index (χ0) is 24.3. The maximum atomic E-state index is 12.7. The van der Waals surface area contributed by atoms with Gasteiger partial charge in [-0.2, -0.15) is 0 Å². The van der Waals surface area contributed by atoms with E-state index in [1.165, 1.54) is 0 Å². The standard InChI is InChI=1S/C27H37O6P/c1-19(34)6-5-7-22(29)18-32-24-13-10-21-16-25(27(30)33-26(21)17-24)20-8-11-23(12-9-20)31-15-4-2-3-14-28/h8-13,16-17,19,21-22,26,28-29H,2-7,14-15,18,34H2,1H3. The van der Waals surface area contributed by atoms with E-state index >= 15 is 0 Å². The summed E-state index contributed by atoms with van der Waals surface area (Å²) in [6, 6.07) is 7.45. The minimum atomic E-state index is -0.510. The van der Waals surface area contributed by atoms with Gasteiger partial charge >= 0.3 is 5.97 Å². The summed E-state index contributed by atoms with van der Waals surface area (Å²) in [5.74, 6) is 0.945. The third kappa shape index (κ3) is 8.26. The van der Waals surface area contributed by atoms with Gasteiger partial charge in [0.25, 0.3) is 0 Å². The molecule has 5 unspecified atom stereocenters. The lowest BCUT2D eigenvalue weighted by Crippen LogP contribution is -2.30. The molecule has 6 nitrogen and oxygen atoms in total. The first-order valence-electron chi connectivity index (χ1n) is 12.2. The molecular formula is C27H37O6P. The fourth-order valence-corrected chi connectivity index (χ4v) is 4.16. The normalized spacial score (nSPS) is 21.1. The van der Waals surface area contributed by atoms with E-state index < -0.39 is 12.2 Å². The number of carbonyl (C=O) groups is 1. The molecule has 7 heteroatoms. The van der Waals surface area contributed by atoms with Crippen LogP contribution in [0.2, 0.25) is 0 Å². The summed E-state index contributed by atoms with van der Waals surface area (Å²) < 4.78 is 17.2.